The molecule has 0 saturated heterocycles. The van der Waals surface area contributed by atoms with Crippen LogP contribution in [0.15, 0.2) is 18.2 Å². The summed E-state index contributed by atoms with van der Waals surface area (Å²) < 4.78 is 49.6. The van der Waals surface area contributed by atoms with Crippen molar-refractivity contribution in [2.24, 2.45) is 5.73 Å². The first kappa shape index (κ1) is 12.5. The SMILES string of the molecule is CC(N)C#Cc1ccc(C(F)(F)F)c(F)c1. The van der Waals surface area contributed by atoms with Crippen LogP contribution < -0.4 is 5.73 Å². The Balaban J connectivity index is 3.07. The number of halogens is 4. The van der Waals surface area contributed by atoms with Gasteiger partial charge in [0, 0.05) is 5.56 Å². The molecule has 0 heterocycles. The Hall–Kier alpha value is -1.54. The number of nitrogens with two attached hydrogens (primary N) is 1. The molecule has 0 amide bonds. The van der Waals surface area contributed by atoms with E-state index in [-0.39, 0.29) is 5.56 Å². The van der Waals surface area contributed by atoms with Crippen LogP contribution in [0.5, 0.6) is 0 Å². The Morgan fingerprint density at radius 2 is 1.94 bits per heavy atom. The molecular formula is C11H9F4N. The van der Waals surface area contributed by atoms with Crippen LogP contribution in [0.2, 0.25) is 0 Å². The van der Waals surface area contributed by atoms with Crippen LogP contribution in [0, 0.1) is 17.7 Å². The largest absolute Gasteiger partial charge is 0.419 e. The van der Waals surface area contributed by atoms with E-state index in [1.807, 2.05) is 0 Å². The van der Waals surface area contributed by atoms with Gasteiger partial charge in [0.05, 0.1) is 11.6 Å². The van der Waals surface area contributed by atoms with Crippen LogP contribution in [0.1, 0.15) is 18.1 Å². The molecule has 5 heteroatoms. The van der Waals surface area contributed by atoms with E-state index in [2.05, 4.69) is 11.8 Å². The fourth-order valence-corrected chi connectivity index (χ4v) is 1.02. The van der Waals surface area contributed by atoms with E-state index < -0.39 is 23.6 Å². The van der Waals surface area contributed by atoms with E-state index >= 15 is 0 Å². The summed E-state index contributed by atoms with van der Waals surface area (Å²) in [5.74, 6) is 3.68. The molecule has 0 radical (unpaired) electrons. The quantitative estimate of drug-likeness (QED) is 0.539. The minimum absolute atomic E-state index is 0.169. The van der Waals surface area contributed by atoms with Crippen molar-refractivity contribution in [3.8, 4) is 11.8 Å². The van der Waals surface area contributed by atoms with Gasteiger partial charge in [0.1, 0.15) is 5.82 Å². The summed E-state index contributed by atoms with van der Waals surface area (Å²) in [6.07, 6.45) is -4.68. The van der Waals surface area contributed by atoms with E-state index in [0.717, 1.165) is 12.1 Å². The van der Waals surface area contributed by atoms with Gasteiger partial charge in [0.2, 0.25) is 0 Å². The van der Waals surface area contributed by atoms with Crippen molar-refractivity contribution in [2.45, 2.75) is 19.1 Å². The van der Waals surface area contributed by atoms with Crippen molar-refractivity contribution in [1.29, 1.82) is 0 Å². The van der Waals surface area contributed by atoms with Crippen LogP contribution in [0.3, 0.4) is 0 Å². The van der Waals surface area contributed by atoms with E-state index in [9.17, 15) is 17.6 Å². The summed E-state index contributed by atoms with van der Waals surface area (Å²) in [5.41, 5.74) is 4.21. The maximum Gasteiger partial charge on any atom is 0.419 e. The number of alkyl halides is 3. The van der Waals surface area contributed by atoms with E-state index in [1.165, 1.54) is 0 Å². The molecule has 1 atom stereocenters. The molecule has 0 aliphatic rings. The summed E-state index contributed by atoms with van der Waals surface area (Å²) >= 11 is 0. The summed E-state index contributed by atoms with van der Waals surface area (Å²) in [4.78, 5) is 0. The normalized spacial score (nSPS) is 12.9. The fourth-order valence-electron chi connectivity index (χ4n) is 1.02. The van der Waals surface area contributed by atoms with Crippen LogP contribution in [0.25, 0.3) is 0 Å². The lowest BCUT2D eigenvalue weighted by Crippen LogP contribution is -2.11. The smallest absolute Gasteiger partial charge is 0.318 e. The lowest BCUT2D eigenvalue weighted by molar-refractivity contribution is -0.140. The van der Waals surface area contributed by atoms with Gasteiger partial charge in [-0.1, -0.05) is 11.8 Å². The van der Waals surface area contributed by atoms with Crippen LogP contribution in [0.4, 0.5) is 17.6 Å². The third kappa shape index (κ3) is 3.24. The van der Waals surface area contributed by atoms with E-state index in [4.69, 9.17) is 5.73 Å². The molecule has 1 nitrogen and oxygen atoms in total. The van der Waals surface area contributed by atoms with Crippen molar-refractivity contribution < 1.29 is 17.6 Å². The predicted molar refractivity (Wildman–Crippen MR) is 51.9 cm³/mol. The van der Waals surface area contributed by atoms with Crippen LogP contribution in [-0.4, -0.2) is 6.04 Å². The predicted octanol–water partition coefficient (Wildman–Crippen LogP) is 2.54. The number of hydrogen-bond donors (Lipinski definition) is 1. The minimum Gasteiger partial charge on any atom is -0.318 e. The molecule has 2 N–H and O–H groups in total. The maximum absolute atomic E-state index is 13.1. The molecule has 1 aromatic rings. The zero-order valence-corrected chi connectivity index (χ0v) is 8.40. The molecule has 0 aliphatic heterocycles. The molecule has 16 heavy (non-hydrogen) atoms. The second kappa shape index (κ2) is 4.54. The highest BCUT2D eigenvalue weighted by Gasteiger charge is 2.33. The molecule has 1 aromatic carbocycles. The zero-order valence-electron chi connectivity index (χ0n) is 8.40. The van der Waals surface area contributed by atoms with Crippen LogP contribution in [-0.2, 0) is 6.18 Å². The molecule has 0 saturated carbocycles. The number of hydrogen-bond acceptors (Lipinski definition) is 1. The highest BCUT2D eigenvalue weighted by Crippen LogP contribution is 2.31. The van der Waals surface area contributed by atoms with E-state index in [1.54, 1.807) is 6.92 Å². The summed E-state index contributed by atoms with van der Waals surface area (Å²) in [6.45, 7) is 1.62. The van der Waals surface area contributed by atoms with Crippen molar-refractivity contribution >= 4 is 0 Å². The molecule has 0 spiro atoms. The fraction of sp³-hybridized carbons (Fsp3) is 0.273. The molecule has 86 valence electrons. The molecule has 0 bridgehead atoms. The Labute approximate surface area is 90.3 Å². The molecule has 1 rings (SSSR count). The first-order chi connectivity index (χ1) is 7.30. The second-order valence-electron chi connectivity index (χ2n) is 3.25. The highest BCUT2D eigenvalue weighted by atomic mass is 19.4. The molecular weight excluding hydrogens is 222 g/mol. The number of benzene rings is 1. The second-order valence-corrected chi connectivity index (χ2v) is 3.25. The van der Waals surface area contributed by atoms with Crippen molar-refractivity contribution in [2.75, 3.05) is 0 Å². The standard InChI is InChI=1S/C11H9F4N/c1-7(16)2-3-8-4-5-9(10(12)6-8)11(13,14)15/h4-7H,16H2,1H3. The van der Waals surface area contributed by atoms with Gasteiger partial charge in [0.15, 0.2) is 0 Å². The van der Waals surface area contributed by atoms with Gasteiger partial charge in [-0.3, -0.25) is 0 Å². The van der Waals surface area contributed by atoms with Gasteiger partial charge in [-0.25, -0.2) is 4.39 Å². The lowest BCUT2D eigenvalue weighted by atomic mass is 10.1. The molecule has 0 aliphatic carbocycles. The van der Waals surface area contributed by atoms with Gasteiger partial charge in [0.25, 0.3) is 0 Å². The average Bonchev–Trinajstić information content (AvgIpc) is 2.12. The maximum atomic E-state index is 13.1. The Morgan fingerprint density at radius 1 is 1.31 bits per heavy atom. The third-order valence-corrected chi connectivity index (χ3v) is 1.72. The Bertz CT molecular complexity index is 438. The number of rotatable bonds is 0. The highest BCUT2D eigenvalue weighted by molar-refractivity contribution is 5.38. The summed E-state index contributed by atoms with van der Waals surface area (Å²) in [6, 6.07) is 2.12. The van der Waals surface area contributed by atoms with Crippen LogP contribution >= 0.6 is 0 Å². The first-order valence-corrected chi connectivity index (χ1v) is 4.44. The monoisotopic (exact) mass is 231 g/mol. The topological polar surface area (TPSA) is 26.0 Å². The Kier molecular flexibility index (Phi) is 3.55. The van der Waals surface area contributed by atoms with Gasteiger partial charge in [-0.15, -0.1) is 0 Å². The van der Waals surface area contributed by atoms with Crippen molar-refractivity contribution in [3.05, 3.63) is 35.1 Å². The first-order valence-electron chi connectivity index (χ1n) is 4.44. The summed E-state index contributed by atoms with van der Waals surface area (Å²) in [5, 5.41) is 0. The minimum atomic E-state index is -4.68. The van der Waals surface area contributed by atoms with Gasteiger partial charge in [-0.2, -0.15) is 13.2 Å². The molecule has 0 fully saturated rings. The average molecular weight is 231 g/mol. The van der Waals surface area contributed by atoms with Crippen molar-refractivity contribution in [3.63, 3.8) is 0 Å². The van der Waals surface area contributed by atoms with Gasteiger partial charge in [-0.05, 0) is 25.1 Å². The van der Waals surface area contributed by atoms with E-state index in [0.29, 0.717) is 6.07 Å². The third-order valence-electron chi connectivity index (χ3n) is 1.72. The molecule has 1 unspecified atom stereocenters. The molecule has 0 aromatic heterocycles. The van der Waals surface area contributed by atoms with Gasteiger partial charge >= 0.3 is 6.18 Å². The lowest BCUT2D eigenvalue weighted by Gasteiger charge is -2.07. The van der Waals surface area contributed by atoms with Gasteiger partial charge < -0.3 is 5.73 Å². The summed E-state index contributed by atoms with van der Waals surface area (Å²) in [7, 11) is 0. The Morgan fingerprint density at radius 3 is 2.38 bits per heavy atom. The zero-order chi connectivity index (χ0) is 12.3. The van der Waals surface area contributed by atoms with Crippen molar-refractivity contribution in [1.82, 2.24) is 0 Å².